The molecule has 0 bridgehead atoms. The first kappa shape index (κ1) is 15.2. The number of rotatable bonds is 4. The van der Waals surface area contributed by atoms with Crippen LogP contribution in [0.25, 0.3) is 0 Å². The summed E-state index contributed by atoms with van der Waals surface area (Å²) >= 11 is 0. The van der Waals surface area contributed by atoms with Crippen LogP contribution in [0.5, 0.6) is 0 Å². The molecule has 1 unspecified atom stereocenters. The largest absolute Gasteiger partial charge is 0.373 e. The van der Waals surface area contributed by atoms with E-state index in [-0.39, 0.29) is 11.5 Å². The van der Waals surface area contributed by atoms with E-state index in [1.807, 2.05) is 25.4 Å². The molecule has 5 heteroatoms. The minimum atomic E-state index is -0.0964. The molecule has 2 aromatic heterocycles. The summed E-state index contributed by atoms with van der Waals surface area (Å²) in [5, 5.41) is 6.50. The molecule has 2 rings (SSSR count). The molecule has 2 N–H and O–H groups in total. The normalized spacial score (nSPS) is 12.8. The lowest BCUT2D eigenvalue weighted by Crippen LogP contribution is -2.19. The SMILES string of the molecule is CNc1cc(NC(C)c2cccnc2)nc(C(C)(C)C)n1. The Balaban J connectivity index is 2.27. The molecule has 0 aliphatic carbocycles. The summed E-state index contributed by atoms with van der Waals surface area (Å²) in [5.74, 6) is 2.45. The van der Waals surface area contributed by atoms with Crippen LogP contribution >= 0.6 is 0 Å². The number of nitrogens with zero attached hydrogens (tertiary/aromatic N) is 3. The number of anilines is 2. The van der Waals surface area contributed by atoms with E-state index in [1.54, 1.807) is 6.20 Å². The third-order valence-corrected chi connectivity index (χ3v) is 3.20. The average Bonchev–Trinajstić information content (AvgIpc) is 2.46. The number of hydrogen-bond donors (Lipinski definition) is 2. The molecule has 21 heavy (non-hydrogen) atoms. The fraction of sp³-hybridized carbons (Fsp3) is 0.438. The monoisotopic (exact) mass is 285 g/mol. The maximum atomic E-state index is 4.64. The molecule has 0 fully saturated rings. The van der Waals surface area contributed by atoms with Crippen LogP contribution in [-0.2, 0) is 5.41 Å². The van der Waals surface area contributed by atoms with Gasteiger partial charge in [-0.15, -0.1) is 0 Å². The highest BCUT2D eigenvalue weighted by atomic mass is 15.1. The van der Waals surface area contributed by atoms with E-state index < -0.39 is 0 Å². The second kappa shape index (κ2) is 6.08. The van der Waals surface area contributed by atoms with E-state index in [0.717, 1.165) is 23.0 Å². The standard InChI is InChI=1S/C16H23N5/c1-11(12-7-6-8-18-10-12)19-14-9-13(17-5)20-15(21-14)16(2,3)4/h6-11H,1-5H3,(H2,17,19,20,21). The van der Waals surface area contributed by atoms with Crippen molar-refractivity contribution in [3.63, 3.8) is 0 Å². The highest BCUT2D eigenvalue weighted by Crippen LogP contribution is 2.24. The number of hydrogen-bond acceptors (Lipinski definition) is 5. The molecular formula is C16H23N5. The molecule has 0 saturated heterocycles. The van der Waals surface area contributed by atoms with Gasteiger partial charge in [-0.1, -0.05) is 26.8 Å². The maximum Gasteiger partial charge on any atom is 0.138 e. The van der Waals surface area contributed by atoms with Gasteiger partial charge < -0.3 is 10.6 Å². The Labute approximate surface area is 126 Å². The molecule has 2 heterocycles. The summed E-state index contributed by atoms with van der Waals surface area (Å²) in [4.78, 5) is 13.3. The van der Waals surface area contributed by atoms with E-state index >= 15 is 0 Å². The van der Waals surface area contributed by atoms with Gasteiger partial charge in [0, 0.05) is 30.9 Å². The van der Waals surface area contributed by atoms with Crippen LogP contribution in [0.15, 0.2) is 30.6 Å². The molecule has 0 saturated carbocycles. The molecule has 0 spiro atoms. The lowest BCUT2D eigenvalue weighted by Gasteiger charge is -2.20. The molecule has 112 valence electrons. The van der Waals surface area contributed by atoms with Crippen LogP contribution in [0.1, 0.15) is 45.1 Å². The first-order valence-electron chi connectivity index (χ1n) is 7.14. The van der Waals surface area contributed by atoms with Crippen molar-refractivity contribution in [3.8, 4) is 0 Å². The Morgan fingerprint density at radius 3 is 2.43 bits per heavy atom. The smallest absolute Gasteiger partial charge is 0.138 e. The molecule has 2 aromatic rings. The van der Waals surface area contributed by atoms with Crippen LogP contribution in [0.3, 0.4) is 0 Å². The molecule has 0 radical (unpaired) electrons. The van der Waals surface area contributed by atoms with Crippen molar-refractivity contribution in [1.82, 2.24) is 15.0 Å². The van der Waals surface area contributed by atoms with Crippen LogP contribution in [0, 0.1) is 0 Å². The maximum absolute atomic E-state index is 4.64. The summed E-state index contributed by atoms with van der Waals surface area (Å²) in [6.07, 6.45) is 3.64. The van der Waals surface area contributed by atoms with Gasteiger partial charge in [0.1, 0.15) is 17.5 Å². The second-order valence-electron chi connectivity index (χ2n) is 6.11. The summed E-state index contributed by atoms with van der Waals surface area (Å²) in [6.45, 7) is 8.41. The van der Waals surface area contributed by atoms with Crippen molar-refractivity contribution in [2.75, 3.05) is 17.7 Å². The van der Waals surface area contributed by atoms with E-state index in [2.05, 4.69) is 59.3 Å². The Morgan fingerprint density at radius 1 is 1.14 bits per heavy atom. The van der Waals surface area contributed by atoms with E-state index in [9.17, 15) is 0 Å². The Hall–Kier alpha value is -2.17. The van der Waals surface area contributed by atoms with Gasteiger partial charge >= 0.3 is 0 Å². The number of nitrogens with one attached hydrogen (secondary N) is 2. The van der Waals surface area contributed by atoms with Gasteiger partial charge in [0.15, 0.2) is 0 Å². The van der Waals surface area contributed by atoms with Crippen LogP contribution in [-0.4, -0.2) is 22.0 Å². The van der Waals surface area contributed by atoms with Crippen molar-refractivity contribution < 1.29 is 0 Å². The van der Waals surface area contributed by atoms with E-state index in [4.69, 9.17) is 0 Å². The van der Waals surface area contributed by atoms with E-state index in [1.165, 1.54) is 0 Å². The van der Waals surface area contributed by atoms with Crippen LogP contribution in [0.4, 0.5) is 11.6 Å². The van der Waals surface area contributed by atoms with Crippen LogP contribution < -0.4 is 10.6 Å². The third kappa shape index (κ3) is 3.90. The Bertz CT molecular complexity index is 589. The van der Waals surface area contributed by atoms with Crippen LogP contribution in [0.2, 0.25) is 0 Å². The van der Waals surface area contributed by atoms with Gasteiger partial charge in [-0.2, -0.15) is 0 Å². The predicted octanol–water partition coefficient (Wildman–Crippen LogP) is 3.38. The van der Waals surface area contributed by atoms with Crippen molar-refractivity contribution in [3.05, 3.63) is 42.0 Å². The highest BCUT2D eigenvalue weighted by Gasteiger charge is 2.19. The van der Waals surface area contributed by atoms with Crippen molar-refractivity contribution >= 4 is 11.6 Å². The van der Waals surface area contributed by atoms with Gasteiger partial charge in [-0.05, 0) is 18.6 Å². The quantitative estimate of drug-likeness (QED) is 0.901. The van der Waals surface area contributed by atoms with Gasteiger partial charge in [-0.3, -0.25) is 4.98 Å². The summed E-state index contributed by atoms with van der Waals surface area (Å²) in [6, 6.07) is 6.04. The molecule has 0 amide bonds. The minimum absolute atomic E-state index is 0.0964. The molecule has 1 atom stereocenters. The van der Waals surface area contributed by atoms with Crippen molar-refractivity contribution in [2.24, 2.45) is 0 Å². The van der Waals surface area contributed by atoms with E-state index in [0.29, 0.717) is 0 Å². The summed E-state index contributed by atoms with van der Waals surface area (Å²) in [5.41, 5.74) is 1.03. The lowest BCUT2D eigenvalue weighted by atomic mass is 9.96. The topological polar surface area (TPSA) is 62.7 Å². The average molecular weight is 285 g/mol. The zero-order valence-corrected chi connectivity index (χ0v) is 13.3. The van der Waals surface area contributed by atoms with Crippen molar-refractivity contribution in [2.45, 2.75) is 39.2 Å². The van der Waals surface area contributed by atoms with Gasteiger partial charge in [0.05, 0.1) is 6.04 Å². The minimum Gasteiger partial charge on any atom is -0.373 e. The summed E-state index contributed by atoms with van der Waals surface area (Å²) < 4.78 is 0. The Kier molecular flexibility index (Phi) is 4.40. The third-order valence-electron chi connectivity index (χ3n) is 3.20. The molecule has 0 aliphatic rings. The first-order valence-corrected chi connectivity index (χ1v) is 7.14. The van der Waals surface area contributed by atoms with Crippen molar-refractivity contribution in [1.29, 1.82) is 0 Å². The second-order valence-corrected chi connectivity index (χ2v) is 6.11. The summed E-state index contributed by atoms with van der Waals surface area (Å²) in [7, 11) is 1.86. The van der Waals surface area contributed by atoms with Gasteiger partial charge in [0.2, 0.25) is 0 Å². The zero-order valence-electron chi connectivity index (χ0n) is 13.3. The fourth-order valence-electron chi connectivity index (χ4n) is 1.92. The Morgan fingerprint density at radius 2 is 1.86 bits per heavy atom. The predicted molar refractivity (Wildman–Crippen MR) is 86.6 cm³/mol. The molecule has 5 nitrogen and oxygen atoms in total. The molecule has 0 aliphatic heterocycles. The molecule has 0 aromatic carbocycles. The fourth-order valence-corrected chi connectivity index (χ4v) is 1.92. The highest BCUT2D eigenvalue weighted by molar-refractivity contribution is 5.49. The van der Waals surface area contributed by atoms with Gasteiger partial charge in [0.25, 0.3) is 0 Å². The number of pyridine rings is 1. The number of aromatic nitrogens is 3. The zero-order chi connectivity index (χ0) is 15.5. The first-order chi connectivity index (χ1) is 9.90. The lowest BCUT2D eigenvalue weighted by molar-refractivity contribution is 0.546. The molecular weight excluding hydrogens is 262 g/mol. The van der Waals surface area contributed by atoms with Gasteiger partial charge in [-0.25, -0.2) is 9.97 Å².